The number of carbonyl (C=O) groups is 2. The van der Waals surface area contributed by atoms with Gasteiger partial charge in [0.25, 0.3) is 0 Å². The topological polar surface area (TPSA) is 124 Å². The molecule has 0 atom stereocenters. The molecule has 1 aromatic heterocycles. The summed E-state index contributed by atoms with van der Waals surface area (Å²) in [5, 5.41) is 2.53. The molecule has 1 heterocycles. The Hall–Kier alpha value is -1.83. The standard InChI is InChI=1S/C8H11N5O2S/c9-6-7(12-3-2-11-6)16-4-1-5(14)13-8(10)15/h2-3H,1,4H2,(H2,9,11)(H3,10,13,14,15). The number of urea groups is 1. The second kappa shape index (κ2) is 5.91. The molecule has 0 aliphatic carbocycles. The van der Waals surface area contributed by atoms with Crippen molar-refractivity contribution in [2.24, 2.45) is 5.73 Å². The maximum atomic E-state index is 11.0. The number of hydrogen-bond acceptors (Lipinski definition) is 6. The molecule has 86 valence electrons. The Labute approximate surface area is 96.0 Å². The van der Waals surface area contributed by atoms with E-state index in [4.69, 9.17) is 11.5 Å². The van der Waals surface area contributed by atoms with Gasteiger partial charge in [-0.15, -0.1) is 11.8 Å². The molecule has 5 N–H and O–H groups in total. The molecule has 0 spiro atoms. The summed E-state index contributed by atoms with van der Waals surface area (Å²) < 4.78 is 0. The third-order valence-electron chi connectivity index (χ3n) is 1.52. The van der Waals surface area contributed by atoms with E-state index >= 15 is 0 Å². The third kappa shape index (κ3) is 4.13. The molecule has 0 aromatic carbocycles. The normalized spacial score (nSPS) is 9.75. The minimum Gasteiger partial charge on any atom is -0.381 e. The van der Waals surface area contributed by atoms with Crippen LogP contribution in [0.4, 0.5) is 10.6 Å². The van der Waals surface area contributed by atoms with E-state index in [1.54, 1.807) is 0 Å². The van der Waals surface area contributed by atoms with Crippen LogP contribution in [0.15, 0.2) is 17.4 Å². The predicted molar refractivity (Wildman–Crippen MR) is 59.5 cm³/mol. The lowest BCUT2D eigenvalue weighted by Crippen LogP contribution is -2.35. The SMILES string of the molecule is NC(=O)NC(=O)CCSc1nccnc1N. The van der Waals surface area contributed by atoms with Crippen molar-refractivity contribution in [2.45, 2.75) is 11.4 Å². The molecule has 0 aliphatic rings. The van der Waals surface area contributed by atoms with Crippen LogP contribution in [-0.4, -0.2) is 27.7 Å². The van der Waals surface area contributed by atoms with Crippen LogP contribution in [0.5, 0.6) is 0 Å². The Morgan fingerprint density at radius 3 is 2.69 bits per heavy atom. The van der Waals surface area contributed by atoms with Crippen LogP contribution >= 0.6 is 11.8 Å². The third-order valence-corrected chi connectivity index (χ3v) is 2.52. The summed E-state index contributed by atoms with van der Waals surface area (Å²) in [5.74, 6) is 0.340. The Kier molecular flexibility index (Phi) is 4.52. The first-order valence-electron chi connectivity index (χ1n) is 4.38. The second-order valence-electron chi connectivity index (χ2n) is 2.76. The number of rotatable bonds is 4. The molecule has 1 aromatic rings. The molecule has 0 fully saturated rings. The Balaban J connectivity index is 2.33. The lowest BCUT2D eigenvalue weighted by Gasteiger charge is -2.02. The van der Waals surface area contributed by atoms with Crippen molar-refractivity contribution in [1.29, 1.82) is 0 Å². The second-order valence-corrected chi connectivity index (χ2v) is 3.84. The molecule has 0 aliphatic heterocycles. The number of anilines is 1. The first-order valence-corrected chi connectivity index (χ1v) is 5.36. The number of imide groups is 1. The Morgan fingerprint density at radius 2 is 2.06 bits per heavy atom. The zero-order chi connectivity index (χ0) is 12.0. The van der Waals surface area contributed by atoms with E-state index in [1.165, 1.54) is 24.2 Å². The van der Waals surface area contributed by atoms with Crippen LogP contribution in [0.1, 0.15) is 6.42 Å². The van der Waals surface area contributed by atoms with Gasteiger partial charge >= 0.3 is 6.03 Å². The first kappa shape index (κ1) is 12.2. The minimum atomic E-state index is -0.853. The number of nitrogens with one attached hydrogen (secondary N) is 1. The van der Waals surface area contributed by atoms with Gasteiger partial charge in [0.05, 0.1) is 0 Å². The van der Waals surface area contributed by atoms with Crippen molar-refractivity contribution in [3.8, 4) is 0 Å². The maximum absolute atomic E-state index is 11.0. The van der Waals surface area contributed by atoms with E-state index in [1.807, 2.05) is 5.32 Å². The number of nitrogen functional groups attached to an aromatic ring is 1. The van der Waals surface area contributed by atoms with E-state index in [2.05, 4.69) is 9.97 Å². The zero-order valence-electron chi connectivity index (χ0n) is 8.34. The zero-order valence-corrected chi connectivity index (χ0v) is 9.16. The Bertz CT molecular complexity index is 398. The monoisotopic (exact) mass is 241 g/mol. The lowest BCUT2D eigenvalue weighted by molar-refractivity contribution is -0.119. The maximum Gasteiger partial charge on any atom is 0.318 e. The fraction of sp³-hybridized carbons (Fsp3) is 0.250. The number of thioether (sulfide) groups is 1. The van der Waals surface area contributed by atoms with Crippen molar-refractivity contribution in [3.63, 3.8) is 0 Å². The highest BCUT2D eigenvalue weighted by molar-refractivity contribution is 7.99. The van der Waals surface area contributed by atoms with Gasteiger partial charge in [0.15, 0.2) is 5.82 Å². The number of primary amides is 1. The van der Waals surface area contributed by atoms with Crippen LogP contribution < -0.4 is 16.8 Å². The summed E-state index contributed by atoms with van der Waals surface area (Å²) >= 11 is 1.29. The summed E-state index contributed by atoms with van der Waals surface area (Å²) in [6.07, 6.45) is 3.16. The number of aromatic nitrogens is 2. The van der Waals surface area contributed by atoms with E-state index < -0.39 is 11.9 Å². The van der Waals surface area contributed by atoms with Gasteiger partial charge in [-0.05, 0) is 0 Å². The van der Waals surface area contributed by atoms with Crippen molar-refractivity contribution in [1.82, 2.24) is 15.3 Å². The van der Waals surface area contributed by atoms with Gasteiger partial charge in [-0.3, -0.25) is 10.1 Å². The van der Waals surface area contributed by atoms with Gasteiger partial charge in [0, 0.05) is 24.6 Å². The largest absolute Gasteiger partial charge is 0.381 e. The fourth-order valence-corrected chi connectivity index (χ4v) is 1.70. The smallest absolute Gasteiger partial charge is 0.318 e. The van der Waals surface area contributed by atoms with Gasteiger partial charge in [0.1, 0.15) is 5.03 Å². The molecule has 0 bridgehead atoms. The number of nitrogens with zero attached hydrogens (tertiary/aromatic N) is 2. The van der Waals surface area contributed by atoms with Crippen molar-refractivity contribution in [2.75, 3.05) is 11.5 Å². The van der Waals surface area contributed by atoms with Gasteiger partial charge in [-0.1, -0.05) is 0 Å². The summed E-state index contributed by atoms with van der Waals surface area (Å²) in [6.45, 7) is 0. The molecule has 0 radical (unpaired) electrons. The van der Waals surface area contributed by atoms with Crippen molar-refractivity contribution >= 4 is 29.5 Å². The highest BCUT2D eigenvalue weighted by Crippen LogP contribution is 2.19. The average molecular weight is 241 g/mol. The molecule has 1 rings (SSSR count). The molecule has 3 amide bonds. The summed E-state index contributed by atoms with van der Waals surface area (Å²) in [7, 11) is 0. The van der Waals surface area contributed by atoms with Crippen molar-refractivity contribution in [3.05, 3.63) is 12.4 Å². The van der Waals surface area contributed by atoms with Crippen LogP contribution in [-0.2, 0) is 4.79 Å². The van der Waals surface area contributed by atoms with Crippen molar-refractivity contribution < 1.29 is 9.59 Å². The molecular formula is C8H11N5O2S. The lowest BCUT2D eigenvalue weighted by atomic mass is 10.4. The first-order chi connectivity index (χ1) is 7.59. The molecular weight excluding hydrogens is 230 g/mol. The van der Waals surface area contributed by atoms with Gasteiger partial charge in [0.2, 0.25) is 5.91 Å². The molecule has 0 unspecified atom stereocenters. The predicted octanol–water partition coefficient (Wildman–Crippen LogP) is -0.264. The number of nitrogens with two attached hydrogens (primary N) is 2. The fourth-order valence-electron chi connectivity index (χ4n) is 0.888. The minimum absolute atomic E-state index is 0.156. The molecule has 16 heavy (non-hydrogen) atoms. The summed E-state index contributed by atoms with van der Waals surface area (Å²) in [5.41, 5.74) is 10.3. The van der Waals surface area contributed by atoms with Gasteiger partial charge < -0.3 is 11.5 Å². The number of carbonyl (C=O) groups excluding carboxylic acids is 2. The van der Waals surface area contributed by atoms with E-state index in [-0.39, 0.29) is 6.42 Å². The summed E-state index contributed by atoms with van der Waals surface area (Å²) in [6, 6.07) is -0.853. The van der Waals surface area contributed by atoms with Crippen LogP contribution in [0, 0.1) is 0 Å². The molecule has 8 heteroatoms. The number of hydrogen-bond donors (Lipinski definition) is 3. The van der Waals surface area contributed by atoms with Crippen LogP contribution in [0.2, 0.25) is 0 Å². The van der Waals surface area contributed by atoms with E-state index in [0.29, 0.717) is 16.6 Å². The highest BCUT2D eigenvalue weighted by Gasteiger charge is 2.06. The van der Waals surface area contributed by atoms with Gasteiger partial charge in [-0.2, -0.15) is 0 Å². The van der Waals surface area contributed by atoms with Gasteiger partial charge in [-0.25, -0.2) is 14.8 Å². The molecule has 7 nitrogen and oxygen atoms in total. The van der Waals surface area contributed by atoms with E-state index in [0.717, 1.165) is 0 Å². The average Bonchev–Trinajstić information content (AvgIpc) is 2.19. The highest BCUT2D eigenvalue weighted by atomic mass is 32.2. The summed E-state index contributed by atoms with van der Waals surface area (Å²) in [4.78, 5) is 29.2. The van der Waals surface area contributed by atoms with Crippen LogP contribution in [0.3, 0.4) is 0 Å². The number of amides is 3. The quantitative estimate of drug-likeness (QED) is 0.623. The molecule has 0 saturated heterocycles. The Morgan fingerprint density at radius 1 is 1.38 bits per heavy atom. The van der Waals surface area contributed by atoms with E-state index in [9.17, 15) is 9.59 Å². The molecule has 0 saturated carbocycles. The van der Waals surface area contributed by atoms with Crippen LogP contribution in [0.25, 0.3) is 0 Å².